The summed E-state index contributed by atoms with van der Waals surface area (Å²) in [6.45, 7) is -0.399. The molecule has 0 radical (unpaired) electrons. The Morgan fingerprint density at radius 1 is 0.821 bits per heavy atom. The van der Waals surface area contributed by atoms with Gasteiger partial charge in [-0.2, -0.15) is 0 Å². The number of Topliss-reactive ketones (excluding diaryl/α,β-unsaturated/α-hetero) is 1. The van der Waals surface area contributed by atoms with E-state index in [1.165, 1.54) is 33.5 Å². The van der Waals surface area contributed by atoms with Crippen molar-refractivity contribution in [2.45, 2.75) is 6.42 Å². The number of rotatable bonds is 11. The molecule has 4 rings (SSSR count). The fraction of sp³-hybridized carbons (Fsp3) is 0.179. The van der Waals surface area contributed by atoms with Gasteiger partial charge in [-0.1, -0.05) is 12.1 Å². The SMILES string of the molecule is COC(=O)COc1cc(OC)ccc1CC(C(=O)c1ccc(OC)cc1)=C(C(=O)O)c1ccc2nonc2c1. The highest BCUT2D eigenvalue weighted by atomic mass is 16.6. The molecule has 200 valence electrons. The predicted molar refractivity (Wildman–Crippen MR) is 138 cm³/mol. The second-order valence-corrected chi connectivity index (χ2v) is 8.20. The third-order valence-corrected chi connectivity index (χ3v) is 5.90. The van der Waals surface area contributed by atoms with Gasteiger partial charge in [-0.05, 0) is 63.9 Å². The number of ketones is 1. The molecule has 0 fully saturated rings. The van der Waals surface area contributed by atoms with E-state index >= 15 is 0 Å². The zero-order chi connectivity index (χ0) is 27.9. The van der Waals surface area contributed by atoms with Gasteiger partial charge in [0.25, 0.3) is 0 Å². The van der Waals surface area contributed by atoms with E-state index in [1.54, 1.807) is 48.5 Å². The molecule has 3 aromatic carbocycles. The molecule has 0 amide bonds. The zero-order valence-corrected chi connectivity index (χ0v) is 21.3. The molecular formula is C28H24N2O9. The number of benzene rings is 3. The summed E-state index contributed by atoms with van der Waals surface area (Å²) >= 11 is 0. The molecule has 1 heterocycles. The molecule has 0 unspecified atom stereocenters. The van der Waals surface area contributed by atoms with E-state index in [2.05, 4.69) is 15.1 Å². The summed E-state index contributed by atoms with van der Waals surface area (Å²) in [7, 11) is 4.20. The molecular weight excluding hydrogens is 508 g/mol. The number of fused-ring (bicyclic) bond motifs is 1. The van der Waals surface area contributed by atoms with Gasteiger partial charge in [-0.3, -0.25) is 4.79 Å². The van der Waals surface area contributed by atoms with Crippen LogP contribution in [0.1, 0.15) is 21.5 Å². The summed E-state index contributed by atoms with van der Waals surface area (Å²) in [4.78, 5) is 38.3. The molecule has 1 aromatic heterocycles. The number of aliphatic carboxylic acids is 1. The van der Waals surface area contributed by atoms with E-state index in [4.69, 9.17) is 18.8 Å². The number of methoxy groups -OCH3 is 3. The molecule has 0 saturated heterocycles. The highest BCUT2D eigenvalue weighted by Crippen LogP contribution is 2.32. The number of carbonyl (C=O) groups excluding carboxylic acids is 2. The Morgan fingerprint density at radius 3 is 2.15 bits per heavy atom. The standard InChI is InChI=1S/C28H24N2O9/c1-35-19-8-4-16(5-9-19)27(32)21(26(28(33)34)18-7-11-22-23(13-18)30-39-29-22)12-17-6-10-20(36-2)14-24(17)38-15-25(31)37-3/h4-11,13-14H,12,15H2,1-3H3,(H,33,34). The zero-order valence-electron chi connectivity index (χ0n) is 21.3. The van der Waals surface area contributed by atoms with Gasteiger partial charge in [0.05, 0.1) is 26.9 Å². The number of carboxylic acids is 1. The molecule has 0 spiro atoms. The first-order chi connectivity index (χ1) is 18.8. The lowest BCUT2D eigenvalue weighted by Crippen LogP contribution is -2.16. The minimum atomic E-state index is -1.33. The van der Waals surface area contributed by atoms with E-state index in [0.29, 0.717) is 28.1 Å². The van der Waals surface area contributed by atoms with Gasteiger partial charge in [0, 0.05) is 23.6 Å². The first-order valence-corrected chi connectivity index (χ1v) is 11.6. The van der Waals surface area contributed by atoms with Crippen LogP contribution in [0.5, 0.6) is 17.2 Å². The van der Waals surface area contributed by atoms with Crippen LogP contribution in [0.3, 0.4) is 0 Å². The second-order valence-electron chi connectivity index (χ2n) is 8.20. The highest BCUT2D eigenvalue weighted by Gasteiger charge is 2.26. The van der Waals surface area contributed by atoms with Crippen molar-refractivity contribution in [3.8, 4) is 17.2 Å². The van der Waals surface area contributed by atoms with Gasteiger partial charge in [-0.25, -0.2) is 14.2 Å². The van der Waals surface area contributed by atoms with Gasteiger partial charge >= 0.3 is 11.9 Å². The summed E-state index contributed by atoms with van der Waals surface area (Å²) in [5.74, 6) is -1.27. The molecule has 1 N–H and O–H groups in total. The number of aromatic nitrogens is 2. The maximum atomic E-state index is 13.9. The van der Waals surface area contributed by atoms with Crippen molar-refractivity contribution in [1.82, 2.24) is 10.3 Å². The lowest BCUT2D eigenvalue weighted by molar-refractivity contribution is -0.143. The minimum absolute atomic E-state index is 0.0310. The third-order valence-electron chi connectivity index (χ3n) is 5.90. The fourth-order valence-corrected chi connectivity index (χ4v) is 3.89. The maximum Gasteiger partial charge on any atom is 0.343 e. The Hall–Kier alpha value is -5.19. The van der Waals surface area contributed by atoms with E-state index < -0.39 is 24.3 Å². The highest BCUT2D eigenvalue weighted by molar-refractivity contribution is 6.26. The lowest BCUT2D eigenvalue weighted by atomic mass is 9.89. The van der Waals surface area contributed by atoms with Crippen molar-refractivity contribution >= 4 is 34.3 Å². The molecule has 0 atom stereocenters. The van der Waals surface area contributed by atoms with E-state index in [1.807, 2.05) is 0 Å². The van der Waals surface area contributed by atoms with Crippen LogP contribution in [0.25, 0.3) is 16.6 Å². The van der Waals surface area contributed by atoms with E-state index in [0.717, 1.165) is 0 Å². The Morgan fingerprint density at radius 2 is 1.49 bits per heavy atom. The Balaban J connectivity index is 1.88. The Kier molecular flexibility index (Phi) is 8.20. The Labute approximate surface area is 222 Å². The molecule has 4 aromatic rings. The number of hydrogen-bond acceptors (Lipinski definition) is 10. The Bertz CT molecular complexity index is 1560. The monoisotopic (exact) mass is 532 g/mol. The van der Waals surface area contributed by atoms with Crippen LogP contribution in [0.15, 0.2) is 70.9 Å². The van der Waals surface area contributed by atoms with Gasteiger partial charge in [0.15, 0.2) is 12.4 Å². The van der Waals surface area contributed by atoms with Gasteiger partial charge in [0.2, 0.25) is 0 Å². The smallest absolute Gasteiger partial charge is 0.343 e. The molecule has 39 heavy (non-hydrogen) atoms. The number of nitrogens with zero attached hydrogens (tertiary/aromatic N) is 2. The van der Waals surface area contributed by atoms with Crippen LogP contribution >= 0.6 is 0 Å². The predicted octanol–water partition coefficient (Wildman–Crippen LogP) is 3.76. The number of ether oxygens (including phenoxy) is 4. The van der Waals surface area contributed by atoms with Crippen molar-refractivity contribution < 1.29 is 43.1 Å². The van der Waals surface area contributed by atoms with E-state index in [9.17, 15) is 19.5 Å². The average Bonchev–Trinajstić information content (AvgIpc) is 3.43. The van der Waals surface area contributed by atoms with Crippen molar-refractivity contribution in [3.05, 3.63) is 82.9 Å². The van der Waals surface area contributed by atoms with Crippen LogP contribution in [0, 0.1) is 0 Å². The van der Waals surface area contributed by atoms with Crippen LogP contribution in [0.2, 0.25) is 0 Å². The van der Waals surface area contributed by atoms with Crippen LogP contribution < -0.4 is 14.2 Å². The number of esters is 1. The second kappa shape index (κ2) is 11.9. The van der Waals surface area contributed by atoms with Crippen molar-refractivity contribution in [2.24, 2.45) is 0 Å². The van der Waals surface area contributed by atoms with E-state index in [-0.39, 0.29) is 34.4 Å². The minimum Gasteiger partial charge on any atom is -0.497 e. The van der Waals surface area contributed by atoms with Crippen molar-refractivity contribution in [3.63, 3.8) is 0 Å². The summed E-state index contributed by atoms with van der Waals surface area (Å²) in [6, 6.07) is 15.7. The first kappa shape index (κ1) is 26.9. The molecule has 0 aliphatic heterocycles. The molecule has 11 heteroatoms. The maximum absolute atomic E-state index is 13.9. The number of allylic oxidation sites excluding steroid dienone is 1. The van der Waals surface area contributed by atoms with Crippen LogP contribution in [0.4, 0.5) is 0 Å². The first-order valence-electron chi connectivity index (χ1n) is 11.6. The number of carbonyl (C=O) groups is 3. The molecule has 0 aliphatic rings. The fourth-order valence-electron chi connectivity index (χ4n) is 3.89. The van der Waals surface area contributed by atoms with Crippen LogP contribution in [-0.2, 0) is 20.7 Å². The largest absolute Gasteiger partial charge is 0.497 e. The summed E-state index contributed by atoms with van der Waals surface area (Å²) < 4.78 is 25.5. The lowest BCUT2D eigenvalue weighted by Gasteiger charge is -2.16. The van der Waals surface area contributed by atoms with Crippen LogP contribution in [-0.4, -0.2) is 61.1 Å². The quantitative estimate of drug-likeness (QED) is 0.171. The third kappa shape index (κ3) is 6.04. The van der Waals surface area contributed by atoms with Crippen molar-refractivity contribution in [1.29, 1.82) is 0 Å². The molecule has 0 saturated carbocycles. The topological polar surface area (TPSA) is 147 Å². The summed E-state index contributed by atoms with van der Waals surface area (Å²) in [5.41, 5.74) is 1.41. The van der Waals surface area contributed by atoms with Gasteiger partial charge < -0.3 is 24.1 Å². The normalized spacial score (nSPS) is 11.5. The molecule has 0 bridgehead atoms. The average molecular weight is 533 g/mol. The molecule has 0 aliphatic carbocycles. The summed E-state index contributed by atoms with van der Waals surface area (Å²) in [5, 5.41) is 17.9. The number of carboxylic acid groups (broad SMARTS) is 1. The van der Waals surface area contributed by atoms with Crippen molar-refractivity contribution in [2.75, 3.05) is 27.9 Å². The molecule has 11 nitrogen and oxygen atoms in total. The van der Waals surface area contributed by atoms with Gasteiger partial charge in [0.1, 0.15) is 28.3 Å². The number of hydrogen-bond donors (Lipinski definition) is 1. The van der Waals surface area contributed by atoms with Gasteiger partial charge in [-0.15, -0.1) is 0 Å². The summed E-state index contributed by atoms with van der Waals surface area (Å²) in [6.07, 6.45) is -0.151.